The van der Waals surface area contributed by atoms with Crippen molar-refractivity contribution in [2.24, 2.45) is 11.8 Å². The number of carbonyl (C=O) groups is 1. The summed E-state index contributed by atoms with van der Waals surface area (Å²) in [5.74, 6) is 2.87. The molecule has 0 atom stereocenters. The van der Waals surface area contributed by atoms with Crippen LogP contribution in [0.15, 0.2) is 6.07 Å². The first-order valence-electron chi connectivity index (χ1n) is 10.3. The van der Waals surface area contributed by atoms with E-state index >= 15 is 0 Å². The molecule has 0 radical (unpaired) electrons. The van der Waals surface area contributed by atoms with Crippen LogP contribution in [0.3, 0.4) is 0 Å². The van der Waals surface area contributed by atoms with E-state index in [1.165, 1.54) is 51.3 Å². The molecule has 1 amide bonds. The Balaban J connectivity index is 0.000000370. The Morgan fingerprint density at radius 2 is 2.00 bits per heavy atom. The smallest absolute Gasteiger partial charge is 0.216 e. The lowest BCUT2D eigenvalue weighted by atomic mass is 9.86. The quantitative estimate of drug-likeness (QED) is 0.243. The lowest BCUT2D eigenvalue weighted by Gasteiger charge is -2.25. The Morgan fingerprint density at radius 3 is 2.52 bits per heavy atom. The molecule has 0 unspecified atom stereocenters. The number of aromatic nitrogens is 1. The number of nitrogens with zero attached hydrogens (tertiary/aromatic N) is 1. The van der Waals surface area contributed by atoms with Crippen molar-refractivity contribution in [3.05, 3.63) is 11.6 Å². The number of pyridine rings is 1. The molecule has 164 valence electrons. The summed E-state index contributed by atoms with van der Waals surface area (Å²) in [5.41, 5.74) is 2.06. The number of aliphatic hydroxyl groups is 1. The normalized spacial score (nSPS) is 15.6. The lowest BCUT2D eigenvalue weighted by molar-refractivity contribution is -0.119. The van der Waals surface area contributed by atoms with Crippen molar-refractivity contribution < 1.29 is 18.8 Å². The number of hydrogen-bond acceptors (Lipinski definition) is 8. The molecule has 9 heteroatoms. The molecule has 2 aliphatic rings. The largest absolute Gasteiger partial charge is 0.477 e. The number of nitrogens with one attached hydrogen (secondary N) is 3. The van der Waals surface area contributed by atoms with Crippen molar-refractivity contribution in [2.45, 2.75) is 46.0 Å². The van der Waals surface area contributed by atoms with Gasteiger partial charge in [0.1, 0.15) is 12.2 Å². The highest BCUT2D eigenvalue weighted by Crippen LogP contribution is 2.33. The number of amides is 1. The Morgan fingerprint density at radius 1 is 1.28 bits per heavy atom. The third kappa shape index (κ3) is 9.10. The molecule has 0 saturated heterocycles. The van der Waals surface area contributed by atoms with Crippen LogP contribution in [0.1, 0.15) is 44.6 Å². The number of carbonyl (C=O) groups excluding carboxylic acids is 1. The van der Waals surface area contributed by atoms with Crippen LogP contribution in [0.4, 0.5) is 11.5 Å². The van der Waals surface area contributed by atoms with E-state index < -0.39 is 0 Å². The summed E-state index contributed by atoms with van der Waals surface area (Å²) in [6.45, 7) is 5.44. The molecule has 3 rings (SSSR count). The second kappa shape index (κ2) is 12.8. The molecule has 8 nitrogen and oxygen atoms in total. The van der Waals surface area contributed by atoms with Crippen molar-refractivity contribution in [2.75, 3.05) is 43.5 Å². The van der Waals surface area contributed by atoms with Gasteiger partial charge in [-0.25, -0.2) is 0 Å². The molecule has 29 heavy (non-hydrogen) atoms. The third-order valence-electron chi connectivity index (χ3n) is 4.81. The summed E-state index contributed by atoms with van der Waals surface area (Å²) in [5, 5.41) is 13.6. The fourth-order valence-electron chi connectivity index (χ4n) is 2.61. The molecule has 0 spiro atoms. The molecule has 2 saturated carbocycles. The van der Waals surface area contributed by atoms with Crippen LogP contribution < -0.4 is 20.1 Å². The van der Waals surface area contributed by atoms with Crippen molar-refractivity contribution in [1.29, 1.82) is 0 Å². The van der Waals surface area contributed by atoms with Crippen LogP contribution in [0, 0.1) is 18.8 Å². The first-order chi connectivity index (χ1) is 14.0. The second-order valence-corrected chi connectivity index (χ2v) is 8.09. The summed E-state index contributed by atoms with van der Waals surface area (Å²) in [7, 11) is 1.87. The van der Waals surface area contributed by atoms with Gasteiger partial charge in [-0.3, -0.25) is 8.98 Å². The predicted molar refractivity (Wildman–Crippen MR) is 117 cm³/mol. The van der Waals surface area contributed by atoms with E-state index in [0.29, 0.717) is 18.3 Å². The fraction of sp³-hybridized carbons (Fsp3) is 0.700. The van der Waals surface area contributed by atoms with Gasteiger partial charge in [0.25, 0.3) is 0 Å². The predicted octanol–water partition coefficient (Wildman–Crippen LogP) is 3.13. The van der Waals surface area contributed by atoms with Crippen LogP contribution in [0.25, 0.3) is 0 Å². The third-order valence-corrected chi connectivity index (χ3v) is 5.35. The Kier molecular flexibility index (Phi) is 10.4. The molecule has 1 heterocycles. The van der Waals surface area contributed by atoms with Gasteiger partial charge in [0.2, 0.25) is 11.8 Å². The number of rotatable bonds is 11. The van der Waals surface area contributed by atoms with E-state index in [9.17, 15) is 4.79 Å². The summed E-state index contributed by atoms with van der Waals surface area (Å²) in [6.07, 6.45) is 6.51. The molecule has 1 aromatic rings. The minimum absolute atomic E-state index is 0.0135. The number of hydrogen-bond donors (Lipinski definition) is 4. The van der Waals surface area contributed by atoms with E-state index in [1.54, 1.807) is 0 Å². The average Bonchev–Trinajstić information content (AvgIpc) is 3.48. The van der Waals surface area contributed by atoms with Gasteiger partial charge in [0.05, 0.1) is 25.5 Å². The monoisotopic (exact) mass is 426 g/mol. The lowest BCUT2D eigenvalue weighted by Crippen LogP contribution is -2.22. The molecule has 0 aliphatic heterocycles. The summed E-state index contributed by atoms with van der Waals surface area (Å²) < 4.78 is 14.6. The van der Waals surface area contributed by atoms with Crippen molar-refractivity contribution >= 4 is 29.6 Å². The maximum atomic E-state index is 9.98. The van der Waals surface area contributed by atoms with Crippen LogP contribution in [0.2, 0.25) is 0 Å². The minimum atomic E-state index is -0.103. The first-order valence-corrected chi connectivity index (χ1v) is 11.0. The topological polar surface area (TPSA) is 105 Å². The summed E-state index contributed by atoms with van der Waals surface area (Å²) in [6, 6.07) is 1.99. The fourth-order valence-corrected chi connectivity index (χ4v) is 3.27. The zero-order valence-corrected chi connectivity index (χ0v) is 18.4. The van der Waals surface area contributed by atoms with E-state index in [-0.39, 0.29) is 12.5 Å². The number of ether oxygens (including phenoxy) is 1. The zero-order chi connectivity index (χ0) is 21.1. The molecular weight excluding hydrogens is 392 g/mol. The first kappa shape index (κ1) is 23.6. The van der Waals surface area contributed by atoms with Gasteiger partial charge in [-0.05, 0) is 50.0 Å². The van der Waals surface area contributed by atoms with Crippen LogP contribution in [-0.4, -0.2) is 49.4 Å². The molecule has 1 aromatic heterocycles. The van der Waals surface area contributed by atoms with E-state index in [1.807, 2.05) is 13.1 Å². The molecule has 2 aliphatic carbocycles. The molecule has 2 fully saturated rings. The van der Waals surface area contributed by atoms with Crippen molar-refractivity contribution in [1.82, 2.24) is 10.3 Å². The zero-order valence-electron chi connectivity index (χ0n) is 17.6. The van der Waals surface area contributed by atoms with Gasteiger partial charge in [-0.1, -0.05) is 6.42 Å². The molecule has 4 N–H and O–H groups in total. The molecule has 0 bridgehead atoms. The number of aliphatic hydroxyl groups excluding tert-OH is 1. The van der Waals surface area contributed by atoms with Gasteiger partial charge >= 0.3 is 0 Å². The Labute approximate surface area is 177 Å². The maximum absolute atomic E-state index is 9.98. The number of aryl methyl sites for hydroxylation is 1. The SMILES string of the molecule is CC(=O)NCCO.CNc1nc(OCC2CCC2)cc(C)c1NSOCC1CC1. The highest BCUT2D eigenvalue weighted by molar-refractivity contribution is 7.96. The Hall–Kier alpha value is -1.71. The second-order valence-electron chi connectivity index (χ2n) is 7.48. The van der Waals surface area contributed by atoms with Gasteiger partial charge < -0.3 is 25.2 Å². The van der Waals surface area contributed by atoms with Gasteiger partial charge in [0, 0.05) is 26.6 Å². The van der Waals surface area contributed by atoms with E-state index in [2.05, 4.69) is 27.3 Å². The van der Waals surface area contributed by atoms with E-state index in [4.69, 9.17) is 14.0 Å². The van der Waals surface area contributed by atoms with Crippen molar-refractivity contribution in [3.8, 4) is 5.88 Å². The van der Waals surface area contributed by atoms with Crippen LogP contribution >= 0.6 is 12.2 Å². The standard InChI is InChI=1S/C16H25N3O2S.C4H9NO2/c1-11-8-14(20-9-12-4-3-5-12)18-16(17-2)15(11)19-22-21-10-13-6-7-13;1-4(7)5-2-3-6/h8,12-13,19H,3-7,9-10H2,1-2H3,(H,17,18);6H,2-3H2,1H3,(H,5,7). The Bertz CT molecular complexity index is 639. The highest BCUT2D eigenvalue weighted by atomic mass is 32.2. The van der Waals surface area contributed by atoms with Crippen LogP contribution in [-0.2, 0) is 8.98 Å². The van der Waals surface area contributed by atoms with Gasteiger partial charge in [-0.15, -0.1) is 0 Å². The summed E-state index contributed by atoms with van der Waals surface area (Å²) in [4.78, 5) is 14.5. The molecule has 0 aromatic carbocycles. The van der Waals surface area contributed by atoms with Crippen LogP contribution in [0.5, 0.6) is 5.88 Å². The minimum Gasteiger partial charge on any atom is -0.477 e. The van der Waals surface area contributed by atoms with Gasteiger partial charge in [0.15, 0.2) is 5.82 Å². The summed E-state index contributed by atoms with van der Waals surface area (Å²) >= 11 is 1.28. The maximum Gasteiger partial charge on any atom is 0.216 e. The average molecular weight is 427 g/mol. The number of anilines is 2. The molecular formula is C20H34N4O4S. The van der Waals surface area contributed by atoms with Gasteiger partial charge in [-0.2, -0.15) is 4.98 Å². The van der Waals surface area contributed by atoms with E-state index in [0.717, 1.165) is 36.2 Å². The van der Waals surface area contributed by atoms with Crippen molar-refractivity contribution in [3.63, 3.8) is 0 Å². The highest BCUT2D eigenvalue weighted by Gasteiger charge is 2.22.